The van der Waals surface area contributed by atoms with Crippen LogP contribution in [0.25, 0.3) is 0 Å². The third-order valence-corrected chi connectivity index (χ3v) is 2.56. The zero-order chi connectivity index (χ0) is 15.2. The average molecular weight is 280 g/mol. The monoisotopic (exact) mass is 280 g/mol. The highest BCUT2D eigenvalue weighted by Gasteiger charge is 2.17. The van der Waals surface area contributed by atoms with Crippen molar-refractivity contribution in [1.29, 1.82) is 0 Å². The third kappa shape index (κ3) is 5.48. The Balaban J connectivity index is 2.82. The van der Waals surface area contributed by atoms with Crippen molar-refractivity contribution in [1.82, 2.24) is 5.32 Å². The van der Waals surface area contributed by atoms with Crippen LogP contribution in [0.5, 0.6) is 5.75 Å². The molecule has 0 fully saturated rings. The van der Waals surface area contributed by atoms with E-state index >= 15 is 0 Å². The summed E-state index contributed by atoms with van der Waals surface area (Å²) in [6.07, 6.45) is 0.394. The summed E-state index contributed by atoms with van der Waals surface area (Å²) in [6, 6.07) is 5.73. The van der Waals surface area contributed by atoms with E-state index in [9.17, 15) is 4.79 Å². The molecule has 0 saturated carbocycles. The molecule has 0 aliphatic rings. The molecule has 1 rings (SSSR count). The Labute approximate surface area is 120 Å². The standard InChI is InChI=1S/C15H24N2O3/c1-15(2,3)20-14(18)17-12-10-11(8-9-16-4)6-7-13(12)19-5/h6-7,10,16H,8-9H2,1-5H3,(H,17,18). The molecule has 5 heteroatoms. The van der Waals surface area contributed by atoms with Crippen LogP contribution in [0.15, 0.2) is 18.2 Å². The van der Waals surface area contributed by atoms with Crippen LogP contribution in [-0.4, -0.2) is 32.4 Å². The summed E-state index contributed by atoms with van der Waals surface area (Å²) in [5.74, 6) is 0.615. The summed E-state index contributed by atoms with van der Waals surface area (Å²) in [7, 11) is 3.48. The van der Waals surface area contributed by atoms with Crippen molar-refractivity contribution in [3.63, 3.8) is 0 Å². The second kappa shape index (κ2) is 7.14. The predicted octanol–water partition coefficient (Wildman–Crippen LogP) is 2.80. The summed E-state index contributed by atoms with van der Waals surface area (Å²) < 4.78 is 10.5. The van der Waals surface area contributed by atoms with Gasteiger partial charge in [-0.25, -0.2) is 4.79 Å². The van der Waals surface area contributed by atoms with Crippen molar-refractivity contribution >= 4 is 11.8 Å². The van der Waals surface area contributed by atoms with E-state index in [1.807, 2.05) is 46.0 Å². The molecule has 0 bridgehead atoms. The lowest BCUT2D eigenvalue weighted by Crippen LogP contribution is -2.27. The van der Waals surface area contributed by atoms with Crippen LogP contribution in [0.2, 0.25) is 0 Å². The number of anilines is 1. The Morgan fingerprint density at radius 2 is 2.00 bits per heavy atom. The number of amides is 1. The van der Waals surface area contributed by atoms with Crippen molar-refractivity contribution in [3.8, 4) is 5.75 Å². The highest BCUT2D eigenvalue weighted by Crippen LogP contribution is 2.26. The summed E-state index contributed by atoms with van der Waals surface area (Å²) in [6.45, 7) is 6.35. The van der Waals surface area contributed by atoms with E-state index in [1.54, 1.807) is 7.11 Å². The van der Waals surface area contributed by atoms with Gasteiger partial charge >= 0.3 is 6.09 Å². The second-order valence-electron chi connectivity index (χ2n) is 5.52. The predicted molar refractivity (Wildman–Crippen MR) is 80.5 cm³/mol. The zero-order valence-corrected chi connectivity index (χ0v) is 12.9. The molecule has 0 spiro atoms. The van der Waals surface area contributed by atoms with Gasteiger partial charge in [-0.2, -0.15) is 0 Å². The largest absolute Gasteiger partial charge is 0.495 e. The van der Waals surface area contributed by atoms with E-state index < -0.39 is 11.7 Å². The van der Waals surface area contributed by atoms with Crippen molar-refractivity contribution in [2.45, 2.75) is 32.8 Å². The molecule has 0 saturated heterocycles. The molecule has 1 aromatic carbocycles. The summed E-state index contributed by atoms with van der Waals surface area (Å²) >= 11 is 0. The number of rotatable bonds is 5. The minimum absolute atomic E-state index is 0.485. The quantitative estimate of drug-likeness (QED) is 0.870. The Morgan fingerprint density at radius 3 is 2.55 bits per heavy atom. The number of nitrogens with one attached hydrogen (secondary N) is 2. The molecule has 0 radical (unpaired) electrons. The lowest BCUT2D eigenvalue weighted by molar-refractivity contribution is 0.0635. The fourth-order valence-electron chi connectivity index (χ4n) is 1.69. The first-order valence-electron chi connectivity index (χ1n) is 6.67. The van der Waals surface area contributed by atoms with E-state index in [1.165, 1.54) is 0 Å². The highest BCUT2D eigenvalue weighted by atomic mass is 16.6. The Hall–Kier alpha value is -1.75. The average Bonchev–Trinajstić information content (AvgIpc) is 2.34. The van der Waals surface area contributed by atoms with Gasteiger partial charge < -0.3 is 14.8 Å². The van der Waals surface area contributed by atoms with E-state index in [-0.39, 0.29) is 0 Å². The number of carbonyl (C=O) groups excluding carboxylic acids is 1. The number of likely N-dealkylation sites (N-methyl/N-ethyl adjacent to an activating group) is 1. The maximum Gasteiger partial charge on any atom is 0.412 e. The summed E-state index contributed by atoms with van der Waals surface area (Å²) in [4.78, 5) is 11.8. The minimum Gasteiger partial charge on any atom is -0.495 e. The number of hydrogen-bond acceptors (Lipinski definition) is 4. The number of hydrogen-bond donors (Lipinski definition) is 2. The molecule has 0 heterocycles. The van der Waals surface area contributed by atoms with Gasteiger partial charge in [-0.15, -0.1) is 0 Å². The van der Waals surface area contributed by atoms with Gasteiger partial charge in [0.25, 0.3) is 0 Å². The number of ether oxygens (including phenoxy) is 2. The first kappa shape index (κ1) is 16.3. The van der Waals surface area contributed by atoms with Gasteiger partial charge in [0.2, 0.25) is 0 Å². The molecule has 1 amide bonds. The summed E-state index contributed by atoms with van der Waals surface area (Å²) in [5.41, 5.74) is 1.21. The van der Waals surface area contributed by atoms with Gasteiger partial charge in [-0.05, 0) is 58.5 Å². The van der Waals surface area contributed by atoms with E-state index in [4.69, 9.17) is 9.47 Å². The first-order valence-corrected chi connectivity index (χ1v) is 6.67. The van der Waals surface area contributed by atoms with Crippen LogP contribution in [-0.2, 0) is 11.2 Å². The SMILES string of the molecule is CNCCc1ccc(OC)c(NC(=O)OC(C)(C)C)c1. The van der Waals surface area contributed by atoms with Crippen LogP contribution in [0.1, 0.15) is 26.3 Å². The van der Waals surface area contributed by atoms with Crippen molar-refractivity contribution in [2.75, 3.05) is 26.0 Å². The molecule has 112 valence electrons. The van der Waals surface area contributed by atoms with Crippen molar-refractivity contribution in [3.05, 3.63) is 23.8 Å². The minimum atomic E-state index is -0.527. The maximum absolute atomic E-state index is 11.8. The Kier molecular flexibility index (Phi) is 5.82. The summed E-state index contributed by atoms with van der Waals surface area (Å²) in [5, 5.41) is 5.82. The van der Waals surface area contributed by atoms with Crippen LogP contribution in [0.4, 0.5) is 10.5 Å². The molecule has 1 aromatic rings. The van der Waals surface area contributed by atoms with Gasteiger partial charge in [-0.1, -0.05) is 6.07 Å². The molecular weight excluding hydrogens is 256 g/mol. The van der Waals surface area contributed by atoms with Crippen LogP contribution in [0.3, 0.4) is 0 Å². The molecule has 0 atom stereocenters. The third-order valence-electron chi connectivity index (χ3n) is 2.56. The van der Waals surface area contributed by atoms with Gasteiger partial charge in [0.05, 0.1) is 12.8 Å². The van der Waals surface area contributed by atoms with Crippen LogP contribution in [0, 0.1) is 0 Å². The molecule has 5 nitrogen and oxygen atoms in total. The van der Waals surface area contributed by atoms with Crippen molar-refractivity contribution < 1.29 is 14.3 Å². The molecule has 20 heavy (non-hydrogen) atoms. The van der Waals surface area contributed by atoms with Gasteiger partial charge in [0, 0.05) is 0 Å². The lowest BCUT2D eigenvalue weighted by Gasteiger charge is -2.20. The fourth-order valence-corrected chi connectivity index (χ4v) is 1.69. The lowest BCUT2D eigenvalue weighted by atomic mass is 10.1. The van der Waals surface area contributed by atoms with Gasteiger partial charge in [0.1, 0.15) is 11.4 Å². The Bertz CT molecular complexity index is 453. The fraction of sp³-hybridized carbons (Fsp3) is 0.533. The second-order valence-corrected chi connectivity index (χ2v) is 5.52. The molecule has 2 N–H and O–H groups in total. The first-order chi connectivity index (χ1) is 9.35. The van der Waals surface area contributed by atoms with Gasteiger partial charge in [0.15, 0.2) is 0 Å². The van der Waals surface area contributed by atoms with E-state index in [2.05, 4.69) is 10.6 Å². The molecule has 0 aromatic heterocycles. The zero-order valence-electron chi connectivity index (χ0n) is 12.9. The molecule has 0 aliphatic carbocycles. The van der Waals surface area contributed by atoms with Crippen LogP contribution < -0.4 is 15.4 Å². The van der Waals surface area contributed by atoms with Gasteiger partial charge in [-0.3, -0.25) is 5.32 Å². The number of benzene rings is 1. The van der Waals surface area contributed by atoms with Crippen LogP contribution >= 0.6 is 0 Å². The van der Waals surface area contributed by atoms with E-state index in [0.29, 0.717) is 11.4 Å². The van der Waals surface area contributed by atoms with E-state index in [0.717, 1.165) is 18.5 Å². The molecule has 0 unspecified atom stereocenters. The smallest absolute Gasteiger partial charge is 0.412 e. The molecular formula is C15H24N2O3. The highest BCUT2D eigenvalue weighted by molar-refractivity contribution is 5.87. The Morgan fingerprint density at radius 1 is 1.30 bits per heavy atom. The van der Waals surface area contributed by atoms with Crippen molar-refractivity contribution in [2.24, 2.45) is 0 Å². The maximum atomic E-state index is 11.8. The number of methoxy groups -OCH3 is 1. The molecule has 0 aliphatic heterocycles. The topological polar surface area (TPSA) is 59.6 Å². The normalized spacial score (nSPS) is 11.1. The number of carbonyl (C=O) groups is 1.